The SMILES string of the molecule is C[C@@H](OC(=O)c1cc2ccccc2[nH]1)C(=O)N(CCC#N)c1ccccc1. The number of hydrogen-bond donors (Lipinski definition) is 1. The fourth-order valence-corrected chi connectivity index (χ4v) is 2.81. The van der Waals surface area contributed by atoms with Gasteiger partial charge in [-0.05, 0) is 31.2 Å². The second-order valence-corrected chi connectivity index (χ2v) is 6.05. The minimum absolute atomic E-state index is 0.184. The van der Waals surface area contributed by atoms with Gasteiger partial charge in [0.05, 0.1) is 12.5 Å². The zero-order valence-electron chi connectivity index (χ0n) is 14.9. The van der Waals surface area contributed by atoms with E-state index in [1.54, 1.807) is 18.2 Å². The molecule has 0 aliphatic carbocycles. The maximum absolute atomic E-state index is 12.8. The van der Waals surface area contributed by atoms with Crippen LogP contribution in [0.5, 0.6) is 0 Å². The summed E-state index contributed by atoms with van der Waals surface area (Å²) >= 11 is 0. The van der Waals surface area contributed by atoms with Crippen molar-refractivity contribution >= 4 is 28.5 Å². The highest BCUT2D eigenvalue weighted by Gasteiger charge is 2.26. The number of para-hydroxylation sites is 2. The van der Waals surface area contributed by atoms with E-state index in [1.807, 2.05) is 48.5 Å². The molecule has 6 nitrogen and oxygen atoms in total. The number of nitrogens with one attached hydrogen (secondary N) is 1. The van der Waals surface area contributed by atoms with Crippen LogP contribution in [0.25, 0.3) is 10.9 Å². The summed E-state index contributed by atoms with van der Waals surface area (Å²) in [4.78, 5) is 29.7. The third-order valence-electron chi connectivity index (χ3n) is 4.16. The molecule has 0 aliphatic heterocycles. The van der Waals surface area contributed by atoms with Crippen molar-refractivity contribution in [3.05, 3.63) is 66.4 Å². The highest BCUT2D eigenvalue weighted by Crippen LogP contribution is 2.18. The number of fused-ring (bicyclic) bond motifs is 1. The minimum atomic E-state index is -0.984. The number of ether oxygens (including phenoxy) is 1. The van der Waals surface area contributed by atoms with Crippen LogP contribution in [0.2, 0.25) is 0 Å². The normalized spacial score (nSPS) is 11.6. The molecule has 0 fully saturated rings. The van der Waals surface area contributed by atoms with Gasteiger partial charge < -0.3 is 14.6 Å². The molecule has 2 aromatic carbocycles. The number of nitrogens with zero attached hydrogens (tertiary/aromatic N) is 2. The number of anilines is 1. The Morgan fingerprint density at radius 2 is 1.85 bits per heavy atom. The van der Waals surface area contributed by atoms with Gasteiger partial charge in [-0.1, -0.05) is 36.4 Å². The number of aromatic amines is 1. The van der Waals surface area contributed by atoms with Gasteiger partial charge >= 0.3 is 5.97 Å². The average molecular weight is 361 g/mol. The van der Waals surface area contributed by atoms with Crippen molar-refractivity contribution in [2.75, 3.05) is 11.4 Å². The van der Waals surface area contributed by atoms with Crippen molar-refractivity contribution in [1.82, 2.24) is 4.98 Å². The van der Waals surface area contributed by atoms with Crippen molar-refractivity contribution in [3.8, 4) is 6.07 Å². The Hall–Kier alpha value is -3.59. The summed E-state index contributed by atoms with van der Waals surface area (Å²) in [5, 5.41) is 9.76. The molecule has 1 atom stereocenters. The number of benzene rings is 2. The largest absolute Gasteiger partial charge is 0.448 e. The van der Waals surface area contributed by atoms with Gasteiger partial charge in [0.25, 0.3) is 5.91 Å². The van der Waals surface area contributed by atoms with E-state index in [0.717, 1.165) is 10.9 Å². The standard InChI is InChI=1S/C21H19N3O3/c1-15(20(25)24(13-7-12-22)17-9-3-2-4-10-17)27-21(26)19-14-16-8-5-6-11-18(16)23-19/h2-6,8-11,14-15,23H,7,13H2,1H3/t15-/m1/s1. The molecule has 0 radical (unpaired) electrons. The molecule has 136 valence electrons. The van der Waals surface area contributed by atoms with E-state index in [-0.39, 0.29) is 18.9 Å². The lowest BCUT2D eigenvalue weighted by Crippen LogP contribution is -2.40. The Balaban J connectivity index is 1.74. The lowest BCUT2D eigenvalue weighted by atomic mass is 10.2. The zero-order chi connectivity index (χ0) is 19.2. The van der Waals surface area contributed by atoms with Gasteiger partial charge in [-0.3, -0.25) is 4.79 Å². The van der Waals surface area contributed by atoms with Gasteiger partial charge in [-0.15, -0.1) is 0 Å². The van der Waals surface area contributed by atoms with Crippen LogP contribution in [0.3, 0.4) is 0 Å². The smallest absolute Gasteiger partial charge is 0.355 e. The second-order valence-electron chi connectivity index (χ2n) is 6.05. The number of esters is 1. The Bertz CT molecular complexity index is 956. The van der Waals surface area contributed by atoms with E-state index < -0.39 is 12.1 Å². The van der Waals surface area contributed by atoms with Gasteiger partial charge in [0.1, 0.15) is 5.69 Å². The molecule has 0 saturated carbocycles. The molecule has 1 N–H and O–H groups in total. The molecule has 0 spiro atoms. The first kappa shape index (κ1) is 18.2. The summed E-state index contributed by atoms with van der Waals surface area (Å²) < 4.78 is 5.37. The molecule has 0 saturated heterocycles. The Labute approximate surface area is 157 Å². The number of nitriles is 1. The first-order chi connectivity index (χ1) is 13.1. The van der Waals surface area contributed by atoms with Crippen LogP contribution in [0.4, 0.5) is 5.69 Å². The molecule has 1 aromatic heterocycles. The Morgan fingerprint density at radius 3 is 2.56 bits per heavy atom. The van der Waals surface area contributed by atoms with Crippen molar-refractivity contribution in [1.29, 1.82) is 5.26 Å². The predicted molar refractivity (Wildman–Crippen MR) is 102 cm³/mol. The number of carbonyl (C=O) groups is 2. The van der Waals surface area contributed by atoms with E-state index in [2.05, 4.69) is 4.98 Å². The zero-order valence-corrected chi connectivity index (χ0v) is 14.9. The van der Waals surface area contributed by atoms with Crippen molar-refractivity contribution < 1.29 is 14.3 Å². The molecule has 6 heteroatoms. The Morgan fingerprint density at radius 1 is 1.15 bits per heavy atom. The lowest BCUT2D eigenvalue weighted by molar-refractivity contribution is -0.126. The van der Waals surface area contributed by atoms with E-state index in [9.17, 15) is 9.59 Å². The van der Waals surface area contributed by atoms with Crippen LogP contribution in [0.1, 0.15) is 23.8 Å². The van der Waals surface area contributed by atoms with Gasteiger partial charge in [0.15, 0.2) is 6.10 Å². The second kappa shape index (κ2) is 8.19. The summed E-state index contributed by atoms with van der Waals surface area (Å²) in [7, 11) is 0. The Kier molecular flexibility index (Phi) is 5.53. The number of rotatable bonds is 6. The monoisotopic (exact) mass is 361 g/mol. The maximum atomic E-state index is 12.8. The summed E-state index contributed by atoms with van der Waals surface area (Å²) in [5.74, 6) is -0.971. The summed E-state index contributed by atoms with van der Waals surface area (Å²) in [6.07, 6.45) is -0.800. The number of carbonyl (C=O) groups excluding carboxylic acids is 2. The molecular weight excluding hydrogens is 342 g/mol. The molecule has 0 bridgehead atoms. The summed E-state index contributed by atoms with van der Waals surface area (Å²) in [6.45, 7) is 1.76. The van der Waals surface area contributed by atoms with E-state index >= 15 is 0 Å². The van der Waals surface area contributed by atoms with Gasteiger partial charge in [0, 0.05) is 23.1 Å². The quantitative estimate of drug-likeness (QED) is 0.679. The molecule has 0 unspecified atom stereocenters. The number of amides is 1. The van der Waals surface area contributed by atoms with Crippen LogP contribution in [0, 0.1) is 11.3 Å². The minimum Gasteiger partial charge on any atom is -0.448 e. The van der Waals surface area contributed by atoms with Gasteiger partial charge in [0.2, 0.25) is 0 Å². The summed E-state index contributed by atoms with van der Waals surface area (Å²) in [5.41, 5.74) is 1.77. The molecular formula is C21H19N3O3. The average Bonchev–Trinajstić information content (AvgIpc) is 3.13. The molecule has 27 heavy (non-hydrogen) atoms. The lowest BCUT2D eigenvalue weighted by Gasteiger charge is -2.25. The maximum Gasteiger partial charge on any atom is 0.355 e. The van der Waals surface area contributed by atoms with Crippen LogP contribution in [0.15, 0.2) is 60.7 Å². The van der Waals surface area contributed by atoms with Gasteiger partial charge in [-0.25, -0.2) is 4.79 Å². The molecule has 1 heterocycles. The first-order valence-corrected chi connectivity index (χ1v) is 8.62. The predicted octanol–water partition coefficient (Wildman–Crippen LogP) is 3.66. The fraction of sp³-hybridized carbons (Fsp3) is 0.190. The third-order valence-corrected chi connectivity index (χ3v) is 4.16. The van der Waals surface area contributed by atoms with Crippen molar-refractivity contribution in [2.45, 2.75) is 19.4 Å². The highest BCUT2D eigenvalue weighted by atomic mass is 16.5. The topological polar surface area (TPSA) is 86.2 Å². The van der Waals surface area contributed by atoms with E-state index in [4.69, 9.17) is 10.00 Å². The van der Waals surface area contributed by atoms with Crippen LogP contribution < -0.4 is 4.90 Å². The summed E-state index contributed by atoms with van der Waals surface area (Å²) in [6, 6.07) is 20.2. The first-order valence-electron chi connectivity index (χ1n) is 8.62. The van der Waals surface area contributed by atoms with Crippen LogP contribution >= 0.6 is 0 Å². The van der Waals surface area contributed by atoms with Gasteiger partial charge in [-0.2, -0.15) is 5.26 Å². The fourth-order valence-electron chi connectivity index (χ4n) is 2.81. The van der Waals surface area contributed by atoms with Crippen LogP contribution in [-0.4, -0.2) is 29.5 Å². The van der Waals surface area contributed by atoms with E-state index in [1.165, 1.54) is 11.8 Å². The van der Waals surface area contributed by atoms with Crippen molar-refractivity contribution in [2.24, 2.45) is 0 Å². The third kappa shape index (κ3) is 4.15. The number of aromatic nitrogens is 1. The molecule has 1 amide bonds. The number of hydrogen-bond acceptors (Lipinski definition) is 4. The van der Waals surface area contributed by atoms with E-state index in [0.29, 0.717) is 11.4 Å². The van der Waals surface area contributed by atoms with Crippen molar-refractivity contribution in [3.63, 3.8) is 0 Å². The highest BCUT2D eigenvalue weighted by molar-refractivity contribution is 6.00. The number of H-pyrrole nitrogens is 1. The molecule has 0 aliphatic rings. The molecule has 3 rings (SSSR count). The van der Waals surface area contributed by atoms with Crippen LogP contribution in [-0.2, 0) is 9.53 Å². The molecule has 3 aromatic rings.